The van der Waals surface area contributed by atoms with Crippen LogP contribution in [0.1, 0.15) is 16.7 Å². The van der Waals surface area contributed by atoms with E-state index in [2.05, 4.69) is 48.2 Å². The molecule has 0 aliphatic carbocycles. The highest BCUT2D eigenvalue weighted by Gasteiger charge is 2.03. The second kappa shape index (κ2) is 4.33. The van der Waals surface area contributed by atoms with Gasteiger partial charge in [0.05, 0.1) is 0 Å². The molecule has 0 saturated heterocycles. The lowest BCUT2D eigenvalue weighted by Crippen LogP contribution is -1.90. The third kappa shape index (κ3) is 1.86. The summed E-state index contributed by atoms with van der Waals surface area (Å²) in [6.07, 6.45) is 2.12. The van der Waals surface area contributed by atoms with Crippen LogP contribution in [0, 0.1) is 13.8 Å². The van der Waals surface area contributed by atoms with Gasteiger partial charge in [0.25, 0.3) is 0 Å². The molecule has 0 atom stereocenters. The summed E-state index contributed by atoms with van der Waals surface area (Å²) in [7, 11) is 0. The fraction of sp³-hybridized carbons (Fsp3) is 0.400. The molecule has 0 spiro atoms. The number of alkyl halides is 1. The van der Waals surface area contributed by atoms with Crippen molar-refractivity contribution in [2.45, 2.75) is 24.1 Å². The normalized spacial score (nSPS) is 10.3. The van der Waals surface area contributed by atoms with E-state index in [9.17, 15) is 0 Å². The smallest absolute Gasteiger partial charge is 0.0285 e. The molecule has 1 rings (SSSR count). The van der Waals surface area contributed by atoms with Crippen molar-refractivity contribution in [2.24, 2.45) is 0 Å². The Labute approximate surface area is 86.9 Å². The van der Waals surface area contributed by atoms with Gasteiger partial charge in [-0.3, -0.25) is 0 Å². The zero-order valence-corrected chi connectivity index (χ0v) is 10.1. The summed E-state index contributed by atoms with van der Waals surface area (Å²) in [5.74, 6) is 0. The Balaban J connectivity index is 3.20. The largest absolute Gasteiger partial charge is 0.129 e. The van der Waals surface area contributed by atoms with Crippen molar-refractivity contribution in [3.8, 4) is 0 Å². The van der Waals surface area contributed by atoms with E-state index in [1.54, 1.807) is 0 Å². The highest BCUT2D eigenvalue weighted by molar-refractivity contribution is 9.08. The summed E-state index contributed by atoms with van der Waals surface area (Å²) >= 11 is 5.30. The maximum absolute atomic E-state index is 3.48. The molecule has 0 bridgehead atoms. The van der Waals surface area contributed by atoms with Gasteiger partial charge in [0, 0.05) is 10.2 Å². The first-order chi connectivity index (χ1) is 5.70. The van der Waals surface area contributed by atoms with Gasteiger partial charge in [0.2, 0.25) is 0 Å². The van der Waals surface area contributed by atoms with Gasteiger partial charge in [-0.1, -0.05) is 22.0 Å². The molecule has 0 aliphatic heterocycles. The van der Waals surface area contributed by atoms with E-state index in [0.29, 0.717) is 0 Å². The number of thioether (sulfide) groups is 1. The molecular formula is C10H13BrS. The van der Waals surface area contributed by atoms with Crippen LogP contribution < -0.4 is 0 Å². The average Bonchev–Trinajstić information content (AvgIpc) is 2.10. The molecule has 0 heterocycles. The van der Waals surface area contributed by atoms with E-state index in [0.717, 1.165) is 5.33 Å². The summed E-state index contributed by atoms with van der Waals surface area (Å²) < 4.78 is 0. The Bertz CT molecular complexity index is 252. The van der Waals surface area contributed by atoms with Crippen molar-refractivity contribution in [1.82, 2.24) is 0 Å². The molecular weight excluding hydrogens is 232 g/mol. The quantitative estimate of drug-likeness (QED) is 0.562. The van der Waals surface area contributed by atoms with Crippen LogP contribution in [-0.4, -0.2) is 6.26 Å². The van der Waals surface area contributed by atoms with Gasteiger partial charge in [-0.05, 0) is 42.9 Å². The van der Waals surface area contributed by atoms with Crippen molar-refractivity contribution in [3.05, 3.63) is 28.8 Å². The lowest BCUT2D eigenvalue weighted by atomic mass is 10.1. The Hall–Kier alpha value is 0.0500. The van der Waals surface area contributed by atoms with Gasteiger partial charge in [-0.25, -0.2) is 0 Å². The predicted molar refractivity (Wildman–Crippen MR) is 60.3 cm³/mol. The van der Waals surface area contributed by atoms with Crippen molar-refractivity contribution < 1.29 is 0 Å². The molecule has 0 saturated carbocycles. The second-order valence-corrected chi connectivity index (χ2v) is 4.22. The summed E-state index contributed by atoms with van der Waals surface area (Å²) in [6, 6.07) is 4.40. The first-order valence-corrected chi connectivity index (χ1v) is 6.24. The van der Waals surface area contributed by atoms with Crippen LogP contribution in [0.3, 0.4) is 0 Å². The Morgan fingerprint density at radius 2 is 1.92 bits per heavy atom. The summed E-state index contributed by atoms with van der Waals surface area (Å²) in [5, 5.41) is 0.953. The number of halogens is 1. The standard InChI is InChI=1S/C10H13BrS/c1-7-8(2)10(12-3)5-4-9(7)6-11/h4-5H,6H2,1-3H3. The van der Waals surface area contributed by atoms with Crippen LogP contribution in [0.25, 0.3) is 0 Å². The maximum atomic E-state index is 3.48. The fourth-order valence-electron chi connectivity index (χ4n) is 1.22. The van der Waals surface area contributed by atoms with E-state index in [1.165, 1.54) is 21.6 Å². The lowest BCUT2D eigenvalue weighted by Gasteiger charge is -2.09. The van der Waals surface area contributed by atoms with E-state index in [1.807, 2.05) is 11.8 Å². The molecule has 0 fully saturated rings. The van der Waals surface area contributed by atoms with E-state index < -0.39 is 0 Å². The van der Waals surface area contributed by atoms with Gasteiger partial charge >= 0.3 is 0 Å². The van der Waals surface area contributed by atoms with Crippen LogP contribution in [0.15, 0.2) is 17.0 Å². The molecule has 0 N–H and O–H groups in total. The van der Waals surface area contributed by atoms with Gasteiger partial charge in [-0.15, -0.1) is 11.8 Å². The third-order valence-electron chi connectivity index (χ3n) is 2.21. The van der Waals surface area contributed by atoms with Crippen LogP contribution >= 0.6 is 27.7 Å². The van der Waals surface area contributed by atoms with Crippen LogP contribution in [0.2, 0.25) is 0 Å². The summed E-state index contributed by atoms with van der Waals surface area (Å²) in [5.41, 5.74) is 4.23. The molecule has 0 radical (unpaired) electrons. The Morgan fingerprint density at radius 3 is 2.42 bits per heavy atom. The molecule has 0 amide bonds. The lowest BCUT2D eigenvalue weighted by molar-refractivity contribution is 1.18. The highest BCUT2D eigenvalue weighted by Crippen LogP contribution is 2.25. The molecule has 66 valence electrons. The van der Waals surface area contributed by atoms with E-state index in [-0.39, 0.29) is 0 Å². The second-order valence-electron chi connectivity index (χ2n) is 2.81. The number of benzene rings is 1. The first kappa shape index (κ1) is 10.1. The van der Waals surface area contributed by atoms with Crippen molar-refractivity contribution in [2.75, 3.05) is 6.26 Å². The molecule has 1 aromatic carbocycles. The summed E-state index contributed by atoms with van der Waals surface area (Å²) in [6.45, 7) is 4.37. The van der Waals surface area contributed by atoms with Crippen LogP contribution in [0.5, 0.6) is 0 Å². The third-order valence-corrected chi connectivity index (χ3v) is 3.70. The van der Waals surface area contributed by atoms with Gasteiger partial charge in [-0.2, -0.15) is 0 Å². The number of rotatable bonds is 2. The minimum Gasteiger partial charge on any atom is -0.129 e. The van der Waals surface area contributed by atoms with Crippen molar-refractivity contribution in [3.63, 3.8) is 0 Å². The first-order valence-electron chi connectivity index (χ1n) is 3.89. The number of hydrogen-bond acceptors (Lipinski definition) is 1. The fourth-order valence-corrected chi connectivity index (χ4v) is 2.49. The monoisotopic (exact) mass is 244 g/mol. The highest BCUT2D eigenvalue weighted by atomic mass is 79.9. The van der Waals surface area contributed by atoms with Gasteiger partial charge in [0.15, 0.2) is 0 Å². The SMILES string of the molecule is CSc1ccc(CBr)c(C)c1C. The molecule has 2 heteroatoms. The molecule has 0 aromatic heterocycles. The Morgan fingerprint density at radius 1 is 1.25 bits per heavy atom. The van der Waals surface area contributed by atoms with E-state index in [4.69, 9.17) is 0 Å². The molecule has 0 unspecified atom stereocenters. The van der Waals surface area contributed by atoms with Crippen molar-refractivity contribution in [1.29, 1.82) is 0 Å². The topological polar surface area (TPSA) is 0 Å². The minimum absolute atomic E-state index is 0.953. The average molecular weight is 245 g/mol. The zero-order chi connectivity index (χ0) is 9.14. The molecule has 12 heavy (non-hydrogen) atoms. The van der Waals surface area contributed by atoms with Gasteiger partial charge < -0.3 is 0 Å². The van der Waals surface area contributed by atoms with Crippen LogP contribution in [-0.2, 0) is 5.33 Å². The zero-order valence-electron chi connectivity index (χ0n) is 7.65. The van der Waals surface area contributed by atoms with Crippen molar-refractivity contribution >= 4 is 27.7 Å². The molecule has 1 aromatic rings. The summed E-state index contributed by atoms with van der Waals surface area (Å²) in [4.78, 5) is 1.39. The number of hydrogen-bond donors (Lipinski definition) is 0. The predicted octanol–water partition coefficient (Wildman–Crippen LogP) is 3.92. The van der Waals surface area contributed by atoms with E-state index >= 15 is 0 Å². The minimum atomic E-state index is 0.953. The molecule has 0 aliphatic rings. The maximum Gasteiger partial charge on any atom is 0.0285 e. The Kier molecular flexibility index (Phi) is 3.66. The van der Waals surface area contributed by atoms with Crippen LogP contribution in [0.4, 0.5) is 0 Å². The van der Waals surface area contributed by atoms with Gasteiger partial charge in [0.1, 0.15) is 0 Å². The molecule has 0 nitrogen and oxygen atoms in total.